The molecule has 1 aromatic rings. The van der Waals surface area contributed by atoms with Gasteiger partial charge in [-0.15, -0.1) is 0 Å². The fourth-order valence-corrected chi connectivity index (χ4v) is 2.42. The summed E-state index contributed by atoms with van der Waals surface area (Å²) < 4.78 is 49.1. The lowest BCUT2D eigenvalue weighted by atomic mass is 10.1. The average molecular weight is 377 g/mol. The van der Waals surface area contributed by atoms with E-state index in [1.165, 1.54) is 17.4 Å². The number of hydrogen-bond donors (Lipinski definition) is 0. The van der Waals surface area contributed by atoms with Crippen molar-refractivity contribution in [1.29, 1.82) is 0 Å². The average Bonchev–Trinajstić information content (AvgIpc) is 3.03. The van der Waals surface area contributed by atoms with Gasteiger partial charge in [0.2, 0.25) is 0 Å². The van der Waals surface area contributed by atoms with Crippen LogP contribution in [0, 0.1) is 20.2 Å². The van der Waals surface area contributed by atoms with Gasteiger partial charge in [-0.3, -0.25) is 20.2 Å². The molecule has 0 saturated heterocycles. The molecule has 0 saturated carbocycles. The normalized spacial score (nSPS) is 14.2. The van der Waals surface area contributed by atoms with E-state index in [-0.39, 0.29) is 18.7 Å². The van der Waals surface area contributed by atoms with Gasteiger partial charge >= 0.3 is 6.18 Å². The van der Waals surface area contributed by atoms with E-state index in [4.69, 9.17) is 9.47 Å². The SMILES string of the molecule is CC(C)N(CC1OC=CO1)c1c([N+](=O)[O-])cc(C(F)(F)F)cc1[N+](=O)[O-]. The van der Waals surface area contributed by atoms with E-state index in [1.54, 1.807) is 13.8 Å². The second-order valence-corrected chi connectivity index (χ2v) is 5.60. The molecule has 0 amide bonds. The minimum absolute atomic E-state index is 0.169. The summed E-state index contributed by atoms with van der Waals surface area (Å²) in [5, 5.41) is 22.7. The number of anilines is 1. The molecule has 1 heterocycles. The van der Waals surface area contributed by atoms with Gasteiger partial charge in [0.05, 0.1) is 22.0 Å². The van der Waals surface area contributed by atoms with E-state index < -0.39 is 51.0 Å². The highest BCUT2D eigenvalue weighted by molar-refractivity contribution is 5.76. The molecule has 9 nitrogen and oxygen atoms in total. The monoisotopic (exact) mass is 377 g/mol. The van der Waals surface area contributed by atoms with Crippen molar-refractivity contribution < 1.29 is 32.5 Å². The Bertz CT molecular complexity index is 707. The van der Waals surface area contributed by atoms with Crippen LogP contribution in [-0.4, -0.2) is 28.7 Å². The Morgan fingerprint density at radius 2 is 1.58 bits per heavy atom. The second kappa shape index (κ2) is 7.06. The molecule has 0 spiro atoms. The molecule has 0 N–H and O–H groups in total. The molecule has 0 aliphatic carbocycles. The van der Waals surface area contributed by atoms with Crippen LogP contribution in [0.25, 0.3) is 0 Å². The summed E-state index contributed by atoms with van der Waals surface area (Å²) in [7, 11) is 0. The summed E-state index contributed by atoms with van der Waals surface area (Å²) >= 11 is 0. The highest BCUT2D eigenvalue weighted by Gasteiger charge is 2.40. The van der Waals surface area contributed by atoms with Crippen molar-refractivity contribution in [1.82, 2.24) is 0 Å². The number of hydrogen-bond acceptors (Lipinski definition) is 7. The topological polar surface area (TPSA) is 108 Å². The Morgan fingerprint density at radius 1 is 1.12 bits per heavy atom. The first-order valence-electron chi connectivity index (χ1n) is 7.29. The molecule has 0 bridgehead atoms. The lowest BCUT2D eigenvalue weighted by Gasteiger charge is -2.30. The van der Waals surface area contributed by atoms with Gasteiger partial charge in [0.25, 0.3) is 17.7 Å². The third-order valence-corrected chi connectivity index (χ3v) is 3.56. The molecule has 1 aromatic carbocycles. The number of ether oxygens (including phenoxy) is 2. The molecule has 142 valence electrons. The summed E-state index contributed by atoms with van der Waals surface area (Å²) in [6.45, 7) is 2.98. The maximum Gasteiger partial charge on any atom is 0.416 e. The van der Waals surface area contributed by atoms with Crippen LogP contribution in [0.1, 0.15) is 19.4 Å². The van der Waals surface area contributed by atoms with Crippen LogP contribution in [0.5, 0.6) is 0 Å². The first-order valence-corrected chi connectivity index (χ1v) is 7.29. The Balaban J connectivity index is 2.65. The van der Waals surface area contributed by atoms with Gasteiger partial charge in [-0.05, 0) is 13.8 Å². The molecule has 0 unspecified atom stereocenters. The van der Waals surface area contributed by atoms with E-state index in [9.17, 15) is 33.4 Å². The Kier molecular flexibility index (Phi) is 5.23. The van der Waals surface area contributed by atoms with Crippen LogP contribution in [-0.2, 0) is 15.7 Å². The van der Waals surface area contributed by atoms with E-state index in [0.29, 0.717) is 0 Å². The largest absolute Gasteiger partial charge is 0.457 e. The summed E-state index contributed by atoms with van der Waals surface area (Å²) in [6, 6.07) is 0.0375. The Labute approximate surface area is 144 Å². The maximum absolute atomic E-state index is 13.0. The predicted octanol–water partition coefficient (Wildman–Crippen LogP) is 3.58. The highest BCUT2D eigenvalue weighted by Crippen LogP contribution is 2.43. The van der Waals surface area contributed by atoms with Crippen molar-refractivity contribution in [3.05, 3.63) is 50.4 Å². The molecular formula is C14H14F3N3O6. The third kappa shape index (κ3) is 3.95. The first-order chi connectivity index (χ1) is 12.0. The molecule has 1 aliphatic heterocycles. The van der Waals surface area contributed by atoms with E-state index >= 15 is 0 Å². The van der Waals surface area contributed by atoms with Crippen LogP contribution in [0.15, 0.2) is 24.7 Å². The highest BCUT2D eigenvalue weighted by atomic mass is 19.4. The summed E-state index contributed by atoms with van der Waals surface area (Å²) in [4.78, 5) is 21.7. The number of nitro groups is 2. The number of benzene rings is 1. The van der Waals surface area contributed by atoms with Crippen molar-refractivity contribution in [2.24, 2.45) is 0 Å². The molecule has 12 heteroatoms. The maximum atomic E-state index is 13.0. The zero-order chi connectivity index (χ0) is 19.6. The smallest absolute Gasteiger partial charge is 0.416 e. The van der Waals surface area contributed by atoms with Gasteiger partial charge in [-0.1, -0.05) is 0 Å². The Morgan fingerprint density at radius 3 is 1.92 bits per heavy atom. The molecule has 0 radical (unpaired) electrons. The van der Waals surface area contributed by atoms with Crippen molar-refractivity contribution in [3.63, 3.8) is 0 Å². The van der Waals surface area contributed by atoms with Gasteiger partial charge in [0.1, 0.15) is 12.5 Å². The van der Waals surface area contributed by atoms with Crippen molar-refractivity contribution >= 4 is 17.1 Å². The zero-order valence-electron chi connectivity index (χ0n) is 13.6. The van der Waals surface area contributed by atoms with Crippen LogP contribution >= 0.6 is 0 Å². The quantitative estimate of drug-likeness (QED) is 0.551. The lowest BCUT2D eigenvalue weighted by Crippen LogP contribution is -2.39. The lowest BCUT2D eigenvalue weighted by molar-refractivity contribution is -0.393. The molecule has 0 aromatic heterocycles. The van der Waals surface area contributed by atoms with Crippen LogP contribution in [0.2, 0.25) is 0 Å². The molecular weight excluding hydrogens is 363 g/mol. The third-order valence-electron chi connectivity index (χ3n) is 3.56. The summed E-state index contributed by atoms with van der Waals surface area (Å²) in [5.74, 6) is 0. The number of alkyl halides is 3. The van der Waals surface area contributed by atoms with E-state index in [0.717, 1.165) is 0 Å². The van der Waals surface area contributed by atoms with E-state index in [2.05, 4.69) is 0 Å². The number of nitrogens with zero attached hydrogens (tertiary/aromatic N) is 3. The van der Waals surface area contributed by atoms with Gasteiger partial charge < -0.3 is 14.4 Å². The zero-order valence-corrected chi connectivity index (χ0v) is 13.6. The Hall–Kier alpha value is -3.05. The van der Waals surface area contributed by atoms with Gasteiger partial charge in [-0.25, -0.2) is 0 Å². The minimum atomic E-state index is -4.97. The van der Waals surface area contributed by atoms with Crippen LogP contribution in [0.4, 0.5) is 30.2 Å². The number of rotatable bonds is 6. The summed E-state index contributed by atoms with van der Waals surface area (Å²) in [5.41, 5.74) is -4.06. The van der Waals surface area contributed by atoms with Crippen molar-refractivity contribution in [2.45, 2.75) is 32.4 Å². The molecule has 26 heavy (non-hydrogen) atoms. The minimum Gasteiger partial charge on any atom is -0.457 e. The van der Waals surface area contributed by atoms with E-state index in [1.807, 2.05) is 0 Å². The fourth-order valence-electron chi connectivity index (χ4n) is 2.42. The molecule has 0 fully saturated rings. The number of halogens is 3. The van der Waals surface area contributed by atoms with Crippen LogP contribution in [0.3, 0.4) is 0 Å². The molecule has 2 rings (SSSR count). The van der Waals surface area contributed by atoms with Crippen molar-refractivity contribution in [3.8, 4) is 0 Å². The molecule has 0 atom stereocenters. The van der Waals surface area contributed by atoms with Gasteiger partial charge in [-0.2, -0.15) is 13.2 Å². The predicted molar refractivity (Wildman–Crippen MR) is 82.3 cm³/mol. The fraction of sp³-hybridized carbons (Fsp3) is 0.429. The van der Waals surface area contributed by atoms with Crippen molar-refractivity contribution in [2.75, 3.05) is 11.4 Å². The molecule has 1 aliphatic rings. The standard InChI is InChI=1S/C14H14F3N3O6/c1-8(2)18(7-12-25-3-4-26-12)13-10(19(21)22)5-9(14(15,16)17)6-11(13)20(23)24/h3-6,8,12H,7H2,1-2H3. The van der Waals surface area contributed by atoms with Crippen LogP contribution < -0.4 is 4.90 Å². The number of nitro benzene ring substituents is 2. The first kappa shape index (κ1) is 19.3. The van der Waals surface area contributed by atoms with Gasteiger partial charge in [0, 0.05) is 18.2 Å². The van der Waals surface area contributed by atoms with Gasteiger partial charge in [0.15, 0.2) is 5.69 Å². The second-order valence-electron chi connectivity index (χ2n) is 5.60. The summed E-state index contributed by atoms with van der Waals surface area (Å²) in [6.07, 6.45) is -3.44.